The number of hydrogen-bond donors (Lipinski definition) is 0. The fourth-order valence-corrected chi connectivity index (χ4v) is 3.61. The van der Waals surface area contributed by atoms with Crippen LogP contribution < -0.4 is 4.74 Å². The highest BCUT2D eigenvalue weighted by molar-refractivity contribution is 5.97. The molecule has 0 aliphatic rings. The highest BCUT2D eigenvalue weighted by Crippen LogP contribution is 2.21. The number of benzene rings is 3. The lowest BCUT2D eigenvalue weighted by Gasteiger charge is -2.25. The molecule has 4 rings (SSSR count). The van der Waals surface area contributed by atoms with Crippen LogP contribution in [0.3, 0.4) is 0 Å². The van der Waals surface area contributed by atoms with E-state index in [4.69, 9.17) is 4.74 Å². The van der Waals surface area contributed by atoms with Crippen LogP contribution in [0.25, 0.3) is 5.69 Å². The summed E-state index contributed by atoms with van der Waals surface area (Å²) in [4.78, 5) is 15.6. The molecule has 0 unspecified atom stereocenters. The smallest absolute Gasteiger partial charge is 0.256 e. The Morgan fingerprint density at radius 2 is 1.39 bits per heavy atom. The summed E-state index contributed by atoms with van der Waals surface area (Å²) < 4.78 is 7.25. The van der Waals surface area contributed by atoms with Crippen LogP contribution in [0.5, 0.6) is 5.75 Å². The van der Waals surface area contributed by atoms with Crippen LogP contribution in [0, 0.1) is 6.92 Å². The first-order valence-electron chi connectivity index (χ1n) is 10.3. The minimum atomic E-state index is 0.000642. The number of rotatable bonds is 7. The van der Waals surface area contributed by atoms with Gasteiger partial charge in [0.25, 0.3) is 5.91 Å². The van der Waals surface area contributed by atoms with E-state index in [1.807, 2.05) is 82.5 Å². The molecule has 0 radical (unpaired) electrons. The minimum Gasteiger partial charge on any atom is -0.497 e. The van der Waals surface area contributed by atoms with E-state index in [0.717, 1.165) is 22.6 Å². The Bertz CT molecular complexity index is 1130. The number of nitrogens with zero attached hydrogens (tertiary/aromatic N) is 2. The third-order valence-corrected chi connectivity index (χ3v) is 5.33. The van der Waals surface area contributed by atoms with Gasteiger partial charge in [0.15, 0.2) is 0 Å². The molecule has 0 bridgehead atoms. The third-order valence-electron chi connectivity index (χ3n) is 5.33. The van der Waals surface area contributed by atoms with Crippen LogP contribution in [0.15, 0.2) is 97.3 Å². The minimum absolute atomic E-state index is 0.000642. The number of aromatic nitrogens is 1. The second kappa shape index (κ2) is 9.35. The maximum atomic E-state index is 13.7. The molecule has 1 heterocycles. The number of para-hydroxylation sites is 1. The van der Waals surface area contributed by atoms with E-state index < -0.39 is 0 Å². The van der Waals surface area contributed by atoms with Gasteiger partial charge in [-0.2, -0.15) is 0 Å². The van der Waals surface area contributed by atoms with Crippen LogP contribution in [0.4, 0.5) is 0 Å². The van der Waals surface area contributed by atoms with Gasteiger partial charge in [0.2, 0.25) is 0 Å². The molecule has 0 aliphatic heterocycles. The topological polar surface area (TPSA) is 34.5 Å². The lowest BCUT2D eigenvalue weighted by molar-refractivity contribution is 0.0730. The van der Waals surface area contributed by atoms with Gasteiger partial charge < -0.3 is 14.2 Å². The van der Waals surface area contributed by atoms with Crippen molar-refractivity contribution in [3.63, 3.8) is 0 Å². The predicted octanol–water partition coefficient (Wildman–Crippen LogP) is 5.64. The van der Waals surface area contributed by atoms with Crippen molar-refractivity contribution in [2.75, 3.05) is 7.11 Å². The average Bonchev–Trinajstić information content (AvgIpc) is 3.35. The Morgan fingerprint density at radius 3 is 2.00 bits per heavy atom. The predicted molar refractivity (Wildman–Crippen MR) is 124 cm³/mol. The highest BCUT2D eigenvalue weighted by Gasteiger charge is 2.20. The monoisotopic (exact) mass is 410 g/mol. The van der Waals surface area contributed by atoms with Gasteiger partial charge in [0, 0.05) is 25.5 Å². The van der Waals surface area contributed by atoms with Gasteiger partial charge in [0.1, 0.15) is 5.75 Å². The maximum Gasteiger partial charge on any atom is 0.256 e. The van der Waals surface area contributed by atoms with Crippen molar-refractivity contribution in [3.8, 4) is 11.4 Å². The van der Waals surface area contributed by atoms with Crippen LogP contribution in [0.2, 0.25) is 0 Å². The van der Waals surface area contributed by atoms with Gasteiger partial charge in [-0.05, 0) is 54.4 Å². The summed E-state index contributed by atoms with van der Waals surface area (Å²) in [5.41, 5.74) is 4.92. The number of amides is 1. The van der Waals surface area contributed by atoms with Gasteiger partial charge in [-0.3, -0.25) is 4.79 Å². The molecule has 0 N–H and O–H groups in total. The molecule has 0 fully saturated rings. The molecular weight excluding hydrogens is 384 g/mol. The second-order valence-electron chi connectivity index (χ2n) is 7.60. The molecule has 0 saturated carbocycles. The van der Waals surface area contributed by atoms with Gasteiger partial charge in [-0.15, -0.1) is 0 Å². The normalized spacial score (nSPS) is 10.6. The summed E-state index contributed by atoms with van der Waals surface area (Å²) in [5, 5.41) is 0. The van der Waals surface area contributed by atoms with E-state index in [1.54, 1.807) is 7.11 Å². The molecule has 0 aliphatic carbocycles. The summed E-state index contributed by atoms with van der Waals surface area (Å²) >= 11 is 0. The van der Waals surface area contributed by atoms with Crippen LogP contribution in [0.1, 0.15) is 27.0 Å². The van der Waals surface area contributed by atoms with Gasteiger partial charge >= 0.3 is 0 Å². The van der Waals surface area contributed by atoms with Crippen LogP contribution in [-0.4, -0.2) is 22.5 Å². The van der Waals surface area contributed by atoms with Crippen molar-refractivity contribution in [2.45, 2.75) is 20.0 Å². The lowest BCUT2D eigenvalue weighted by atomic mass is 10.1. The van der Waals surface area contributed by atoms with Crippen molar-refractivity contribution in [1.82, 2.24) is 9.47 Å². The fraction of sp³-hybridized carbons (Fsp3) is 0.148. The maximum absolute atomic E-state index is 13.7. The van der Waals surface area contributed by atoms with E-state index in [9.17, 15) is 4.79 Å². The summed E-state index contributed by atoms with van der Waals surface area (Å²) in [5.74, 6) is 0.804. The van der Waals surface area contributed by atoms with Gasteiger partial charge in [-0.25, -0.2) is 0 Å². The molecule has 0 spiro atoms. The van der Waals surface area contributed by atoms with E-state index in [2.05, 4.69) is 31.2 Å². The van der Waals surface area contributed by atoms with Crippen molar-refractivity contribution in [1.29, 1.82) is 0 Å². The molecule has 4 nitrogen and oxygen atoms in total. The first-order chi connectivity index (χ1) is 15.1. The lowest BCUT2D eigenvalue weighted by Crippen LogP contribution is -2.31. The second-order valence-corrected chi connectivity index (χ2v) is 7.60. The summed E-state index contributed by atoms with van der Waals surface area (Å²) in [7, 11) is 1.65. The van der Waals surface area contributed by atoms with Crippen molar-refractivity contribution in [3.05, 3.63) is 120 Å². The standard InChI is InChI=1S/C27H26N2O2/c1-21-9-11-22(12-10-21)19-29(20-23-13-15-24(31-2)16-14-23)27(30)25-7-3-4-8-26(25)28-17-5-6-18-28/h3-18H,19-20H2,1-2H3. The van der Waals surface area contributed by atoms with Crippen molar-refractivity contribution < 1.29 is 9.53 Å². The zero-order valence-corrected chi connectivity index (χ0v) is 17.9. The van der Waals surface area contributed by atoms with Crippen LogP contribution >= 0.6 is 0 Å². The Hall–Kier alpha value is -3.79. The molecule has 1 aromatic heterocycles. The van der Waals surface area contributed by atoms with Crippen molar-refractivity contribution in [2.24, 2.45) is 0 Å². The quantitative estimate of drug-likeness (QED) is 0.395. The molecule has 0 atom stereocenters. The fourth-order valence-electron chi connectivity index (χ4n) is 3.61. The molecule has 0 saturated heterocycles. The Morgan fingerprint density at radius 1 is 0.806 bits per heavy atom. The molecule has 156 valence electrons. The SMILES string of the molecule is COc1ccc(CN(Cc2ccc(C)cc2)C(=O)c2ccccc2-n2cccc2)cc1. The van der Waals surface area contributed by atoms with E-state index in [-0.39, 0.29) is 5.91 Å². The molecule has 3 aromatic carbocycles. The number of ether oxygens (including phenoxy) is 1. The van der Waals surface area contributed by atoms with E-state index in [1.165, 1.54) is 5.56 Å². The largest absolute Gasteiger partial charge is 0.497 e. The van der Waals surface area contributed by atoms with Gasteiger partial charge in [0.05, 0.1) is 18.4 Å². The molecule has 31 heavy (non-hydrogen) atoms. The molecular formula is C27H26N2O2. The molecule has 4 aromatic rings. The van der Waals surface area contributed by atoms with Crippen LogP contribution in [-0.2, 0) is 13.1 Å². The molecule has 4 heteroatoms. The Labute approximate surface area is 183 Å². The Balaban J connectivity index is 1.67. The highest BCUT2D eigenvalue weighted by atomic mass is 16.5. The summed E-state index contributed by atoms with van der Waals surface area (Å²) in [6, 6.07) is 27.9. The number of hydrogen-bond acceptors (Lipinski definition) is 2. The Kier molecular flexibility index (Phi) is 6.18. The number of methoxy groups -OCH3 is 1. The molecule has 1 amide bonds. The zero-order valence-electron chi connectivity index (χ0n) is 17.9. The summed E-state index contributed by atoms with van der Waals surface area (Å²) in [6.45, 7) is 3.11. The number of carbonyl (C=O) groups excluding carboxylic acids is 1. The third kappa shape index (κ3) is 4.86. The van der Waals surface area contributed by atoms with Crippen molar-refractivity contribution >= 4 is 5.91 Å². The van der Waals surface area contributed by atoms with E-state index >= 15 is 0 Å². The summed E-state index contributed by atoms with van der Waals surface area (Å²) in [6.07, 6.45) is 3.92. The number of carbonyl (C=O) groups is 1. The average molecular weight is 411 g/mol. The number of aryl methyl sites for hydroxylation is 1. The first kappa shape index (κ1) is 20.5. The first-order valence-corrected chi connectivity index (χ1v) is 10.3. The van der Waals surface area contributed by atoms with E-state index in [0.29, 0.717) is 18.7 Å². The zero-order chi connectivity index (χ0) is 21.6. The van der Waals surface area contributed by atoms with Gasteiger partial charge in [-0.1, -0.05) is 54.1 Å².